The molecule has 0 aliphatic carbocycles. The van der Waals surface area contributed by atoms with Crippen molar-refractivity contribution in [2.45, 2.75) is 30.2 Å². The first-order valence-corrected chi connectivity index (χ1v) is 12.1. The second-order valence-electron chi connectivity index (χ2n) is 7.39. The van der Waals surface area contributed by atoms with Crippen LogP contribution in [0.4, 0.5) is 0 Å². The molecule has 0 radical (unpaired) electrons. The van der Waals surface area contributed by atoms with Crippen LogP contribution in [-0.2, 0) is 14.8 Å². The van der Waals surface area contributed by atoms with Gasteiger partial charge in [-0.1, -0.05) is 24.3 Å². The maximum absolute atomic E-state index is 13.0. The zero-order valence-corrected chi connectivity index (χ0v) is 17.7. The topological polar surface area (TPSA) is 91.7 Å². The Morgan fingerprint density at radius 2 is 1.97 bits per heavy atom. The molecule has 2 aliphatic heterocycles. The van der Waals surface area contributed by atoms with Crippen molar-refractivity contribution in [1.82, 2.24) is 14.6 Å². The number of fused-ring (bicyclic) bond motifs is 2. The smallest absolute Gasteiger partial charge is 0.263 e. The molecule has 7 nitrogen and oxygen atoms in total. The molecule has 1 saturated heterocycles. The number of thiazole rings is 1. The second kappa shape index (κ2) is 7.48. The van der Waals surface area contributed by atoms with Crippen LogP contribution in [0.3, 0.4) is 0 Å². The summed E-state index contributed by atoms with van der Waals surface area (Å²) in [5, 5.41) is 0.948. The SMILES string of the molecule is O=C(CN=C1NS(=O)(=O)c2ccccc21)N1CCCC[C@@H]1c1nc2ccccc2s1. The minimum atomic E-state index is -3.61. The summed E-state index contributed by atoms with van der Waals surface area (Å²) in [5.74, 6) is 0.113. The van der Waals surface area contributed by atoms with Gasteiger partial charge in [-0.05, 0) is 43.5 Å². The van der Waals surface area contributed by atoms with Crippen LogP contribution in [0.2, 0.25) is 0 Å². The van der Waals surface area contributed by atoms with E-state index in [4.69, 9.17) is 4.98 Å². The molecular formula is C21H20N4O3S2. The number of para-hydroxylation sites is 1. The van der Waals surface area contributed by atoms with Gasteiger partial charge in [-0.2, -0.15) is 0 Å². The molecule has 1 amide bonds. The maximum atomic E-state index is 13.0. The highest BCUT2D eigenvalue weighted by Gasteiger charge is 2.32. The van der Waals surface area contributed by atoms with Gasteiger partial charge in [0.1, 0.15) is 17.4 Å². The molecule has 0 unspecified atom stereocenters. The average Bonchev–Trinajstić information content (AvgIpc) is 3.31. The molecular weight excluding hydrogens is 420 g/mol. The number of aliphatic imine (C=N–C) groups is 1. The number of aromatic nitrogens is 1. The molecule has 1 N–H and O–H groups in total. The first-order chi connectivity index (χ1) is 14.5. The van der Waals surface area contributed by atoms with Crippen LogP contribution in [0.1, 0.15) is 35.9 Å². The van der Waals surface area contributed by atoms with Crippen molar-refractivity contribution >= 4 is 43.3 Å². The number of likely N-dealkylation sites (tertiary alicyclic amines) is 1. The molecule has 0 saturated carbocycles. The highest BCUT2D eigenvalue weighted by atomic mass is 32.2. The lowest BCUT2D eigenvalue weighted by molar-refractivity contribution is -0.133. The van der Waals surface area contributed by atoms with Gasteiger partial charge in [0, 0.05) is 12.1 Å². The van der Waals surface area contributed by atoms with Crippen molar-refractivity contribution in [2.24, 2.45) is 4.99 Å². The third-order valence-corrected chi connectivity index (χ3v) is 7.99. The van der Waals surface area contributed by atoms with Crippen LogP contribution < -0.4 is 4.72 Å². The third-order valence-electron chi connectivity index (χ3n) is 5.45. The molecule has 3 aromatic rings. The number of piperidine rings is 1. The predicted octanol–water partition coefficient (Wildman–Crippen LogP) is 3.09. The predicted molar refractivity (Wildman–Crippen MR) is 116 cm³/mol. The summed E-state index contributed by atoms with van der Waals surface area (Å²) in [7, 11) is -3.61. The molecule has 1 atom stereocenters. The van der Waals surface area contributed by atoms with Gasteiger partial charge in [0.25, 0.3) is 10.0 Å². The van der Waals surface area contributed by atoms with Gasteiger partial charge >= 0.3 is 0 Å². The van der Waals surface area contributed by atoms with E-state index < -0.39 is 10.0 Å². The van der Waals surface area contributed by atoms with Gasteiger partial charge in [0.15, 0.2) is 0 Å². The summed E-state index contributed by atoms with van der Waals surface area (Å²) < 4.78 is 28.0. The lowest BCUT2D eigenvalue weighted by atomic mass is 10.0. The van der Waals surface area contributed by atoms with E-state index in [9.17, 15) is 13.2 Å². The number of hydrogen-bond donors (Lipinski definition) is 1. The van der Waals surface area contributed by atoms with Crippen LogP contribution in [0.15, 0.2) is 58.4 Å². The normalized spacial score (nSPS) is 21.5. The minimum Gasteiger partial charge on any atom is -0.332 e. The Morgan fingerprint density at radius 1 is 1.17 bits per heavy atom. The molecule has 0 bridgehead atoms. The summed E-state index contributed by atoms with van der Waals surface area (Å²) in [6, 6.07) is 14.6. The highest BCUT2D eigenvalue weighted by Crippen LogP contribution is 2.35. The van der Waals surface area contributed by atoms with E-state index in [1.54, 1.807) is 29.5 Å². The van der Waals surface area contributed by atoms with Crippen LogP contribution in [-0.4, -0.2) is 43.1 Å². The Bertz CT molecular complexity index is 1230. The largest absolute Gasteiger partial charge is 0.332 e. The lowest BCUT2D eigenvalue weighted by Gasteiger charge is -2.34. The fourth-order valence-electron chi connectivity index (χ4n) is 4.01. The Balaban J connectivity index is 1.39. The Morgan fingerprint density at radius 3 is 2.83 bits per heavy atom. The van der Waals surface area contributed by atoms with Crippen molar-refractivity contribution in [2.75, 3.05) is 13.1 Å². The van der Waals surface area contributed by atoms with Gasteiger partial charge in [0.2, 0.25) is 5.91 Å². The first kappa shape index (κ1) is 19.2. The number of sulfonamides is 1. The number of nitrogens with zero attached hydrogens (tertiary/aromatic N) is 3. The van der Waals surface area contributed by atoms with Gasteiger partial charge in [0.05, 0.1) is 21.2 Å². The fourth-order valence-corrected chi connectivity index (χ4v) is 6.37. The molecule has 5 rings (SSSR count). The van der Waals surface area contributed by atoms with Crippen molar-refractivity contribution in [3.05, 3.63) is 59.1 Å². The summed E-state index contributed by atoms with van der Waals surface area (Å²) >= 11 is 1.63. The first-order valence-electron chi connectivity index (χ1n) is 9.84. The standard InChI is InChI=1S/C21H20N4O3S2/c26-19(13-22-20-14-7-1-4-11-18(14)30(27,28)24-20)25-12-6-5-9-16(25)21-23-15-8-2-3-10-17(15)29-21/h1-4,7-8,10-11,16H,5-6,9,12-13H2,(H,22,24)/t16-/m1/s1. The van der Waals surface area contributed by atoms with E-state index in [0.717, 1.165) is 34.5 Å². The summed E-state index contributed by atoms with van der Waals surface area (Å²) in [5.41, 5.74) is 1.46. The molecule has 30 heavy (non-hydrogen) atoms. The summed E-state index contributed by atoms with van der Waals surface area (Å²) in [4.78, 5) is 24.2. The Labute approximate surface area is 178 Å². The molecule has 2 aliphatic rings. The van der Waals surface area contributed by atoms with Crippen LogP contribution in [0.25, 0.3) is 10.2 Å². The number of carbonyl (C=O) groups is 1. The average molecular weight is 441 g/mol. The Hall–Kier alpha value is -2.78. The van der Waals surface area contributed by atoms with E-state index in [0.29, 0.717) is 12.1 Å². The van der Waals surface area contributed by atoms with Gasteiger partial charge in [-0.15, -0.1) is 11.3 Å². The third kappa shape index (κ3) is 3.37. The number of amidine groups is 1. The van der Waals surface area contributed by atoms with Crippen LogP contribution in [0.5, 0.6) is 0 Å². The van der Waals surface area contributed by atoms with E-state index in [1.807, 2.05) is 29.2 Å². The van der Waals surface area contributed by atoms with E-state index in [1.165, 1.54) is 6.07 Å². The zero-order valence-electron chi connectivity index (χ0n) is 16.1. The van der Waals surface area contributed by atoms with E-state index in [-0.39, 0.29) is 29.2 Å². The van der Waals surface area contributed by atoms with Gasteiger partial charge in [-0.25, -0.2) is 13.4 Å². The quantitative estimate of drug-likeness (QED) is 0.677. The van der Waals surface area contributed by atoms with Crippen molar-refractivity contribution in [1.29, 1.82) is 0 Å². The van der Waals surface area contributed by atoms with Crippen molar-refractivity contribution in [3.63, 3.8) is 0 Å². The van der Waals surface area contributed by atoms with E-state index >= 15 is 0 Å². The van der Waals surface area contributed by atoms with Gasteiger partial charge in [-0.3, -0.25) is 14.5 Å². The molecule has 1 fully saturated rings. The van der Waals surface area contributed by atoms with Crippen molar-refractivity contribution in [3.8, 4) is 0 Å². The van der Waals surface area contributed by atoms with Crippen molar-refractivity contribution < 1.29 is 13.2 Å². The number of carbonyl (C=O) groups excluding carboxylic acids is 1. The number of benzene rings is 2. The summed E-state index contributed by atoms with van der Waals surface area (Å²) in [6.45, 7) is 0.556. The monoisotopic (exact) mass is 440 g/mol. The number of hydrogen-bond acceptors (Lipinski definition) is 6. The molecule has 3 heterocycles. The Kier molecular flexibility index (Phi) is 4.79. The number of rotatable bonds is 3. The zero-order chi connectivity index (χ0) is 20.7. The minimum absolute atomic E-state index is 0.0589. The van der Waals surface area contributed by atoms with Crippen LogP contribution in [0, 0.1) is 0 Å². The molecule has 1 aromatic heterocycles. The molecule has 9 heteroatoms. The van der Waals surface area contributed by atoms with E-state index in [2.05, 4.69) is 9.71 Å². The lowest BCUT2D eigenvalue weighted by Crippen LogP contribution is -2.40. The van der Waals surface area contributed by atoms with Crippen LogP contribution >= 0.6 is 11.3 Å². The molecule has 2 aromatic carbocycles. The fraction of sp³-hybridized carbons (Fsp3) is 0.286. The second-order valence-corrected chi connectivity index (χ2v) is 10.1. The highest BCUT2D eigenvalue weighted by molar-refractivity contribution is 7.90. The molecule has 0 spiro atoms. The molecule has 154 valence electrons. The number of nitrogens with one attached hydrogen (secondary N) is 1. The maximum Gasteiger partial charge on any atom is 0.263 e. The summed E-state index contributed by atoms with van der Waals surface area (Å²) in [6.07, 6.45) is 2.86. The van der Waals surface area contributed by atoms with Gasteiger partial charge < -0.3 is 4.90 Å². The number of amides is 1.